The van der Waals surface area contributed by atoms with Crippen molar-refractivity contribution in [1.82, 2.24) is 0 Å². The van der Waals surface area contributed by atoms with E-state index in [0.717, 1.165) is 6.26 Å². The third-order valence-electron chi connectivity index (χ3n) is 4.73. The number of carboxylic acids is 1. The highest BCUT2D eigenvalue weighted by molar-refractivity contribution is 7.90. The van der Waals surface area contributed by atoms with Gasteiger partial charge in [-0.25, -0.2) is 8.42 Å². The molecule has 2 rings (SSSR count). The zero-order chi connectivity index (χ0) is 18.3. The quantitative estimate of drug-likeness (QED) is 0.816. The minimum absolute atomic E-state index is 0.172. The van der Waals surface area contributed by atoms with E-state index in [1.54, 1.807) is 12.1 Å². The number of hydrogen-bond donors (Lipinski definition) is 1. The second-order valence-corrected chi connectivity index (χ2v) is 9.19. The SMILES string of the molecule is CC1(C)OB(C(CC(=O)O)c2ccc(S(C)(=O)=O)cc2)OC1(C)C. The van der Waals surface area contributed by atoms with E-state index in [2.05, 4.69) is 0 Å². The molecule has 1 aliphatic rings. The van der Waals surface area contributed by atoms with Crippen LogP contribution in [-0.2, 0) is 23.9 Å². The van der Waals surface area contributed by atoms with Gasteiger partial charge in [0.05, 0.1) is 22.5 Å². The molecule has 1 aliphatic heterocycles. The largest absolute Gasteiger partial charge is 0.481 e. The first kappa shape index (κ1) is 19.0. The molecule has 132 valence electrons. The molecule has 1 saturated heterocycles. The van der Waals surface area contributed by atoms with E-state index in [-0.39, 0.29) is 11.3 Å². The maximum atomic E-state index is 11.6. The Labute approximate surface area is 143 Å². The smallest absolute Gasteiger partial charge is 0.466 e. The van der Waals surface area contributed by atoms with Crippen LogP contribution in [0.4, 0.5) is 0 Å². The average Bonchev–Trinajstić information content (AvgIpc) is 2.63. The Hall–Kier alpha value is -1.38. The number of benzene rings is 1. The standard InChI is InChI=1S/C16H23BO6S/c1-15(2)16(3,4)23-17(22-15)13(10-14(18)19)11-6-8-12(9-7-11)24(5,20)21/h6-9,13H,10H2,1-5H3,(H,18,19). The summed E-state index contributed by atoms with van der Waals surface area (Å²) < 4.78 is 35.1. The van der Waals surface area contributed by atoms with Gasteiger partial charge in [-0.3, -0.25) is 4.79 Å². The summed E-state index contributed by atoms with van der Waals surface area (Å²) in [5.74, 6) is -1.50. The molecule has 0 radical (unpaired) electrons. The van der Waals surface area contributed by atoms with Gasteiger partial charge in [-0.2, -0.15) is 0 Å². The van der Waals surface area contributed by atoms with Gasteiger partial charge in [0, 0.05) is 12.1 Å². The molecule has 8 heteroatoms. The third-order valence-corrected chi connectivity index (χ3v) is 5.86. The molecule has 1 fully saturated rings. The van der Waals surface area contributed by atoms with Crippen LogP contribution in [0.15, 0.2) is 29.2 Å². The Morgan fingerprint density at radius 3 is 1.96 bits per heavy atom. The summed E-state index contributed by atoms with van der Waals surface area (Å²) >= 11 is 0. The van der Waals surface area contributed by atoms with Crippen LogP contribution in [0.5, 0.6) is 0 Å². The molecule has 6 nitrogen and oxygen atoms in total. The zero-order valence-corrected chi connectivity index (χ0v) is 15.4. The van der Waals surface area contributed by atoms with E-state index in [0.29, 0.717) is 5.56 Å². The first-order valence-electron chi connectivity index (χ1n) is 7.71. The van der Waals surface area contributed by atoms with E-state index in [9.17, 15) is 18.3 Å². The van der Waals surface area contributed by atoms with Gasteiger partial charge in [-0.1, -0.05) is 12.1 Å². The summed E-state index contributed by atoms with van der Waals surface area (Å²) in [4.78, 5) is 11.5. The highest BCUT2D eigenvalue weighted by Crippen LogP contribution is 2.41. The Bertz CT molecular complexity index is 707. The second kappa shape index (κ2) is 6.17. The summed E-state index contributed by atoms with van der Waals surface area (Å²) in [5.41, 5.74) is -0.467. The lowest BCUT2D eigenvalue weighted by molar-refractivity contribution is -0.137. The van der Waals surface area contributed by atoms with Crippen molar-refractivity contribution in [3.63, 3.8) is 0 Å². The van der Waals surface area contributed by atoms with Crippen LogP contribution in [0.1, 0.15) is 45.5 Å². The lowest BCUT2D eigenvalue weighted by Gasteiger charge is -2.32. The minimum atomic E-state index is -3.30. The van der Waals surface area contributed by atoms with Crippen LogP contribution in [0.2, 0.25) is 0 Å². The molecule has 24 heavy (non-hydrogen) atoms. The normalized spacial score (nSPS) is 20.8. The van der Waals surface area contributed by atoms with Gasteiger partial charge >= 0.3 is 13.1 Å². The highest BCUT2D eigenvalue weighted by atomic mass is 32.2. The molecule has 0 amide bonds. The average molecular weight is 354 g/mol. The van der Waals surface area contributed by atoms with Gasteiger partial charge in [-0.15, -0.1) is 0 Å². The molecular weight excluding hydrogens is 331 g/mol. The van der Waals surface area contributed by atoms with E-state index in [1.165, 1.54) is 12.1 Å². The second-order valence-electron chi connectivity index (χ2n) is 7.17. The Kier molecular flexibility index (Phi) is 4.87. The lowest BCUT2D eigenvalue weighted by Crippen LogP contribution is -2.41. The number of carboxylic acid groups (broad SMARTS) is 1. The molecule has 1 N–H and O–H groups in total. The fourth-order valence-electron chi connectivity index (χ4n) is 2.57. The Morgan fingerprint density at radius 2 is 1.58 bits per heavy atom. The molecule has 1 heterocycles. The van der Waals surface area contributed by atoms with E-state index in [1.807, 2.05) is 27.7 Å². The van der Waals surface area contributed by atoms with Crippen molar-refractivity contribution in [3.05, 3.63) is 29.8 Å². The molecule has 0 aromatic heterocycles. The number of rotatable bonds is 5. The minimum Gasteiger partial charge on any atom is -0.481 e. The van der Waals surface area contributed by atoms with Crippen molar-refractivity contribution in [2.45, 2.75) is 56.0 Å². The van der Waals surface area contributed by atoms with Crippen LogP contribution >= 0.6 is 0 Å². The van der Waals surface area contributed by atoms with Gasteiger partial charge in [0.15, 0.2) is 9.84 Å². The summed E-state index contributed by atoms with van der Waals surface area (Å²) in [6, 6.07) is 6.19. The molecule has 0 spiro atoms. The third kappa shape index (κ3) is 3.82. The predicted molar refractivity (Wildman–Crippen MR) is 90.6 cm³/mol. The maximum Gasteiger partial charge on any atom is 0.466 e. The fourth-order valence-corrected chi connectivity index (χ4v) is 3.20. The van der Waals surface area contributed by atoms with Crippen molar-refractivity contribution in [2.75, 3.05) is 6.26 Å². The molecule has 0 bridgehead atoms. The van der Waals surface area contributed by atoms with Crippen LogP contribution in [0.25, 0.3) is 0 Å². The van der Waals surface area contributed by atoms with Crippen molar-refractivity contribution >= 4 is 22.9 Å². The summed E-state index contributed by atoms with van der Waals surface area (Å²) in [7, 11) is -4.02. The van der Waals surface area contributed by atoms with E-state index < -0.39 is 39.9 Å². The summed E-state index contributed by atoms with van der Waals surface area (Å²) in [6.07, 6.45) is 0.958. The van der Waals surface area contributed by atoms with Crippen LogP contribution in [-0.4, -0.2) is 44.1 Å². The molecule has 1 unspecified atom stereocenters. The summed E-state index contributed by atoms with van der Waals surface area (Å²) in [5, 5.41) is 9.24. The van der Waals surface area contributed by atoms with Gasteiger partial charge in [0.25, 0.3) is 0 Å². The Morgan fingerprint density at radius 1 is 1.12 bits per heavy atom. The predicted octanol–water partition coefficient (Wildman–Crippen LogP) is 2.28. The first-order chi connectivity index (χ1) is 10.8. The van der Waals surface area contributed by atoms with Crippen molar-refractivity contribution < 1.29 is 27.6 Å². The van der Waals surface area contributed by atoms with Crippen molar-refractivity contribution in [1.29, 1.82) is 0 Å². The van der Waals surface area contributed by atoms with E-state index in [4.69, 9.17) is 9.31 Å². The highest BCUT2D eigenvalue weighted by Gasteiger charge is 2.54. The first-order valence-corrected chi connectivity index (χ1v) is 9.60. The molecule has 1 atom stereocenters. The molecule has 1 aromatic rings. The fraction of sp³-hybridized carbons (Fsp3) is 0.562. The van der Waals surface area contributed by atoms with Gasteiger partial charge in [0.1, 0.15) is 0 Å². The molecule has 1 aromatic carbocycles. The number of carbonyl (C=O) groups is 1. The lowest BCUT2D eigenvalue weighted by atomic mass is 9.66. The summed E-state index contributed by atoms with van der Waals surface area (Å²) in [6.45, 7) is 7.60. The number of aliphatic carboxylic acids is 1. The topological polar surface area (TPSA) is 89.9 Å². The van der Waals surface area contributed by atoms with Gasteiger partial charge in [-0.05, 0) is 45.4 Å². The molecular formula is C16H23BO6S. The maximum absolute atomic E-state index is 11.6. The van der Waals surface area contributed by atoms with Crippen LogP contribution < -0.4 is 0 Å². The van der Waals surface area contributed by atoms with Crippen molar-refractivity contribution in [2.24, 2.45) is 0 Å². The van der Waals surface area contributed by atoms with Gasteiger partial charge in [0.2, 0.25) is 0 Å². The van der Waals surface area contributed by atoms with Crippen LogP contribution in [0.3, 0.4) is 0 Å². The molecule has 0 aliphatic carbocycles. The van der Waals surface area contributed by atoms with Crippen LogP contribution in [0, 0.1) is 0 Å². The monoisotopic (exact) mass is 354 g/mol. The van der Waals surface area contributed by atoms with Gasteiger partial charge < -0.3 is 14.4 Å². The zero-order valence-electron chi connectivity index (χ0n) is 14.6. The number of sulfone groups is 1. The number of hydrogen-bond acceptors (Lipinski definition) is 5. The van der Waals surface area contributed by atoms with E-state index >= 15 is 0 Å². The molecule has 0 saturated carbocycles. The Balaban J connectivity index is 2.35. The van der Waals surface area contributed by atoms with Crippen molar-refractivity contribution in [3.8, 4) is 0 Å².